The van der Waals surface area contributed by atoms with Crippen LogP contribution in [0.15, 0.2) is 72.1 Å². The third-order valence-electron chi connectivity index (χ3n) is 6.91. The van der Waals surface area contributed by atoms with Gasteiger partial charge in [-0.3, -0.25) is 4.79 Å². The molecule has 5 aromatic rings. The highest BCUT2D eigenvalue weighted by molar-refractivity contribution is 7.10. The van der Waals surface area contributed by atoms with Crippen molar-refractivity contribution in [3.8, 4) is 29.0 Å². The highest BCUT2D eigenvalue weighted by Gasteiger charge is 2.21. The average molecular weight is 565 g/mol. The molecule has 0 radical (unpaired) electrons. The fraction of sp³-hybridized carbons (Fsp3) is 0.194. The number of ether oxygens (including phenoxy) is 1. The fourth-order valence-electron chi connectivity index (χ4n) is 4.34. The maximum absolute atomic E-state index is 14.5. The van der Waals surface area contributed by atoms with E-state index in [0.29, 0.717) is 35.0 Å². The van der Waals surface area contributed by atoms with Crippen LogP contribution in [0.3, 0.4) is 0 Å². The molecule has 1 fully saturated rings. The predicted molar refractivity (Wildman–Crippen MR) is 154 cm³/mol. The molecular weight excluding hydrogens is 539 g/mol. The van der Waals surface area contributed by atoms with Gasteiger partial charge in [0.15, 0.2) is 5.01 Å². The summed E-state index contributed by atoms with van der Waals surface area (Å²) >= 11 is 1.52. The topological polar surface area (TPSA) is 94.8 Å². The van der Waals surface area contributed by atoms with Gasteiger partial charge in [0.2, 0.25) is 5.82 Å². The molecule has 1 aliphatic carbocycles. The number of tetrazole rings is 1. The number of nitrogens with one attached hydrogen (secondary N) is 1. The second kappa shape index (κ2) is 11.7. The van der Waals surface area contributed by atoms with Crippen molar-refractivity contribution in [3.05, 3.63) is 105 Å². The van der Waals surface area contributed by atoms with Crippen molar-refractivity contribution >= 4 is 22.9 Å². The number of hydrogen-bond donors (Lipinski definition) is 1. The summed E-state index contributed by atoms with van der Waals surface area (Å²) in [5.41, 5.74) is 3.82. The van der Waals surface area contributed by atoms with Crippen molar-refractivity contribution in [2.24, 2.45) is 0 Å². The minimum absolute atomic E-state index is 0.0586. The van der Waals surface area contributed by atoms with E-state index in [1.165, 1.54) is 47.5 Å². The van der Waals surface area contributed by atoms with E-state index in [1.807, 2.05) is 24.3 Å². The van der Waals surface area contributed by atoms with Crippen LogP contribution in [0, 0.1) is 17.7 Å². The number of halogens is 1. The highest BCUT2D eigenvalue weighted by Crippen LogP contribution is 2.36. The number of thiazole rings is 1. The summed E-state index contributed by atoms with van der Waals surface area (Å²) in [6, 6.07) is 18.8. The zero-order chi connectivity index (χ0) is 28.2. The van der Waals surface area contributed by atoms with Crippen LogP contribution in [-0.4, -0.2) is 38.2 Å². The Morgan fingerprint density at radius 1 is 1.10 bits per heavy atom. The molecule has 3 aromatic carbocycles. The highest BCUT2D eigenvalue weighted by atomic mass is 32.1. The van der Waals surface area contributed by atoms with Gasteiger partial charge in [0.1, 0.15) is 11.6 Å². The molecule has 204 valence electrons. The maximum atomic E-state index is 14.5. The second-order valence-corrected chi connectivity index (χ2v) is 10.5. The Morgan fingerprint density at radius 2 is 1.90 bits per heavy atom. The molecule has 0 unspecified atom stereocenters. The van der Waals surface area contributed by atoms with Crippen molar-refractivity contribution in [1.29, 1.82) is 0 Å². The van der Waals surface area contributed by atoms with E-state index in [0.717, 1.165) is 22.0 Å². The SMILES string of the molecule is COc1ccc(Cn2nnc(-c3ccc(C(=O)Nc4cc(C#Cc5nc(C6CCC6)cs5)ccc4F)cc3)n2)cc1. The first-order chi connectivity index (χ1) is 20.0. The molecule has 0 spiro atoms. The van der Waals surface area contributed by atoms with Gasteiger partial charge in [-0.2, -0.15) is 4.80 Å². The lowest BCUT2D eigenvalue weighted by Crippen LogP contribution is -2.13. The summed E-state index contributed by atoms with van der Waals surface area (Å²) < 4.78 is 19.7. The van der Waals surface area contributed by atoms with E-state index < -0.39 is 11.7 Å². The number of carbonyl (C=O) groups excluding carboxylic acids is 1. The molecule has 10 heteroatoms. The van der Waals surface area contributed by atoms with E-state index >= 15 is 0 Å². The lowest BCUT2D eigenvalue weighted by atomic mass is 9.83. The molecular formula is C31H25FN6O2S. The second-order valence-electron chi connectivity index (χ2n) is 9.67. The summed E-state index contributed by atoms with van der Waals surface area (Å²) in [4.78, 5) is 19.0. The minimum Gasteiger partial charge on any atom is -0.497 e. The van der Waals surface area contributed by atoms with Crippen LogP contribution in [0.4, 0.5) is 10.1 Å². The number of rotatable bonds is 7. The van der Waals surface area contributed by atoms with Crippen LogP contribution >= 0.6 is 11.3 Å². The van der Waals surface area contributed by atoms with Crippen molar-refractivity contribution in [3.63, 3.8) is 0 Å². The number of aromatic nitrogens is 5. The molecule has 6 rings (SSSR count). The fourth-order valence-corrected chi connectivity index (χ4v) is 5.09. The summed E-state index contributed by atoms with van der Waals surface area (Å²) in [5.74, 6) is 6.87. The van der Waals surface area contributed by atoms with Gasteiger partial charge >= 0.3 is 0 Å². The van der Waals surface area contributed by atoms with Crippen molar-refractivity contribution in [1.82, 2.24) is 25.2 Å². The Balaban J connectivity index is 1.10. The van der Waals surface area contributed by atoms with Gasteiger partial charge in [0, 0.05) is 28.0 Å². The standard InChI is InChI=1S/C31H25FN6O2S/c1-40-25-13-5-21(6-14-25)18-38-36-30(35-37-38)23-9-11-24(12-10-23)31(39)34-27-17-20(7-15-26(27)32)8-16-29-33-28(19-41-29)22-3-2-4-22/h5-7,9-15,17,19,22H,2-4,18H2,1H3,(H,34,39). The first-order valence-corrected chi connectivity index (χ1v) is 14.0. The third-order valence-corrected chi connectivity index (χ3v) is 7.69. The normalized spacial score (nSPS) is 12.7. The zero-order valence-corrected chi connectivity index (χ0v) is 23.0. The Hall–Kier alpha value is -4.88. The van der Waals surface area contributed by atoms with E-state index in [9.17, 15) is 9.18 Å². The van der Waals surface area contributed by atoms with E-state index in [-0.39, 0.29) is 5.69 Å². The first kappa shape index (κ1) is 26.3. The van der Waals surface area contributed by atoms with Crippen LogP contribution in [0.1, 0.15) is 57.4 Å². The van der Waals surface area contributed by atoms with Crippen molar-refractivity contribution in [2.75, 3.05) is 12.4 Å². The number of anilines is 1. The zero-order valence-electron chi connectivity index (χ0n) is 22.2. The smallest absolute Gasteiger partial charge is 0.255 e. The Morgan fingerprint density at radius 3 is 2.63 bits per heavy atom. The van der Waals surface area contributed by atoms with E-state index in [2.05, 4.69) is 42.9 Å². The maximum Gasteiger partial charge on any atom is 0.255 e. The number of hydrogen-bond acceptors (Lipinski definition) is 7. The van der Waals surface area contributed by atoms with Crippen LogP contribution in [-0.2, 0) is 6.54 Å². The molecule has 0 atom stereocenters. The molecule has 41 heavy (non-hydrogen) atoms. The molecule has 0 saturated heterocycles. The van der Waals surface area contributed by atoms with Gasteiger partial charge in [-0.05, 0) is 72.0 Å². The molecule has 1 saturated carbocycles. The Kier molecular flexibility index (Phi) is 7.52. The molecule has 1 aliphatic rings. The lowest BCUT2D eigenvalue weighted by molar-refractivity contribution is 0.102. The number of carbonyl (C=O) groups is 1. The van der Waals surface area contributed by atoms with Crippen LogP contribution in [0.2, 0.25) is 0 Å². The van der Waals surface area contributed by atoms with Gasteiger partial charge in [-0.25, -0.2) is 9.37 Å². The van der Waals surface area contributed by atoms with Crippen LogP contribution < -0.4 is 10.1 Å². The minimum atomic E-state index is -0.542. The molecule has 2 aromatic heterocycles. The van der Waals surface area contributed by atoms with Crippen LogP contribution in [0.25, 0.3) is 11.4 Å². The van der Waals surface area contributed by atoms with Gasteiger partial charge in [-0.1, -0.05) is 36.6 Å². The van der Waals surface area contributed by atoms with Crippen molar-refractivity contribution in [2.45, 2.75) is 31.7 Å². The third kappa shape index (κ3) is 6.15. The Bertz CT molecular complexity index is 1750. The molecule has 2 heterocycles. The summed E-state index contributed by atoms with van der Waals surface area (Å²) in [6.45, 7) is 0.456. The number of methoxy groups -OCH3 is 1. The lowest BCUT2D eigenvalue weighted by Gasteiger charge is -2.22. The summed E-state index contributed by atoms with van der Waals surface area (Å²) in [6.07, 6.45) is 3.62. The van der Waals surface area contributed by atoms with Crippen LogP contribution in [0.5, 0.6) is 5.75 Å². The monoisotopic (exact) mass is 564 g/mol. The summed E-state index contributed by atoms with van der Waals surface area (Å²) in [5, 5.41) is 18.1. The first-order valence-electron chi connectivity index (χ1n) is 13.1. The molecule has 8 nitrogen and oxygen atoms in total. The Labute approximate surface area is 240 Å². The van der Waals surface area contributed by atoms with Gasteiger partial charge in [0.25, 0.3) is 5.91 Å². The summed E-state index contributed by atoms with van der Waals surface area (Å²) in [7, 11) is 1.62. The van der Waals surface area contributed by atoms with E-state index in [4.69, 9.17) is 4.74 Å². The van der Waals surface area contributed by atoms with Crippen molar-refractivity contribution < 1.29 is 13.9 Å². The largest absolute Gasteiger partial charge is 0.497 e. The van der Waals surface area contributed by atoms with Gasteiger partial charge in [-0.15, -0.1) is 21.5 Å². The number of benzene rings is 3. The average Bonchev–Trinajstić information content (AvgIpc) is 3.63. The van der Waals surface area contributed by atoms with Gasteiger partial charge < -0.3 is 10.1 Å². The molecule has 0 aliphatic heterocycles. The number of nitrogens with zero attached hydrogens (tertiary/aromatic N) is 5. The predicted octanol–water partition coefficient (Wildman–Crippen LogP) is 5.91. The quantitative estimate of drug-likeness (QED) is 0.247. The van der Waals surface area contributed by atoms with E-state index in [1.54, 1.807) is 37.4 Å². The van der Waals surface area contributed by atoms with Gasteiger partial charge in [0.05, 0.1) is 25.0 Å². The number of amides is 1. The molecule has 0 bridgehead atoms. The molecule has 1 amide bonds. The molecule has 1 N–H and O–H groups in total.